The first-order chi connectivity index (χ1) is 10.1. The molecule has 5 atom stereocenters. The van der Waals surface area contributed by atoms with Crippen molar-refractivity contribution in [1.82, 2.24) is 15.5 Å². The van der Waals surface area contributed by atoms with E-state index in [0.717, 1.165) is 13.1 Å². The Balaban J connectivity index is 2.06. The van der Waals surface area contributed by atoms with E-state index in [4.69, 9.17) is 9.47 Å². The number of carbonyl (C=O) groups is 1. The number of ether oxygens (including phenoxy) is 2. The fourth-order valence-corrected chi connectivity index (χ4v) is 2.98. The molecule has 21 heavy (non-hydrogen) atoms. The minimum absolute atomic E-state index is 0.275. The second kappa shape index (κ2) is 7.22. The van der Waals surface area contributed by atoms with E-state index in [1.807, 2.05) is 13.8 Å². The topological polar surface area (TPSA) is 83.1 Å². The van der Waals surface area contributed by atoms with E-state index >= 15 is 0 Å². The number of aliphatic hydroxyl groups excluding tert-OH is 1. The molecular formula is C14H25N3O4. The summed E-state index contributed by atoms with van der Waals surface area (Å²) in [5, 5.41) is 16.1. The molecule has 2 bridgehead atoms. The van der Waals surface area contributed by atoms with Gasteiger partial charge in [-0.2, -0.15) is 0 Å². The number of amides is 2. The Morgan fingerprint density at radius 1 is 1.48 bits per heavy atom. The van der Waals surface area contributed by atoms with Crippen LogP contribution in [0.25, 0.3) is 0 Å². The van der Waals surface area contributed by atoms with Crippen LogP contribution in [-0.2, 0) is 9.47 Å². The summed E-state index contributed by atoms with van der Waals surface area (Å²) in [7, 11) is 0. The number of urea groups is 1. The first kappa shape index (κ1) is 16.2. The molecule has 7 nitrogen and oxygen atoms in total. The highest BCUT2D eigenvalue weighted by atomic mass is 16.7. The van der Waals surface area contributed by atoms with E-state index in [1.54, 1.807) is 6.08 Å². The number of carbonyl (C=O) groups excluding carboxylic acids is 1. The quantitative estimate of drug-likeness (QED) is 0.585. The van der Waals surface area contributed by atoms with Gasteiger partial charge in [-0.05, 0) is 13.1 Å². The van der Waals surface area contributed by atoms with Crippen LogP contribution in [0.1, 0.15) is 13.8 Å². The molecule has 5 unspecified atom stereocenters. The number of fused-ring (bicyclic) bond motifs is 2. The molecule has 0 aromatic carbocycles. The molecule has 2 rings (SSSR count). The van der Waals surface area contributed by atoms with Crippen LogP contribution >= 0.6 is 0 Å². The second-order valence-electron chi connectivity index (χ2n) is 5.25. The maximum atomic E-state index is 11.8. The Morgan fingerprint density at radius 3 is 2.81 bits per heavy atom. The number of aliphatic hydroxyl groups is 1. The summed E-state index contributed by atoms with van der Waals surface area (Å²) in [6.45, 7) is 9.91. The smallest absolute Gasteiger partial charge is 0.315 e. The van der Waals surface area contributed by atoms with Crippen molar-refractivity contribution in [2.75, 3.05) is 26.2 Å². The lowest BCUT2D eigenvalue weighted by atomic mass is 9.95. The van der Waals surface area contributed by atoms with Crippen molar-refractivity contribution in [3.8, 4) is 0 Å². The molecular weight excluding hydrogens is 274 g/mol. The van der Waals surface area contributed by atoms with Gasteiger partial charge in [0.05, 0.1) is 24.8 Å². The van der Waals surface area contributed by atoms with Gasteiger partial charge in [0.25, 0.3) is 0 Å². The lowest BCUT2D eigenvalue weighted by Gasteiger charge is -2.43. The fourth-order valence-electron chi connectivity index (χ4n) is 2.98. The molecule has 0 spiro atoms. The van der Waals surface area contributed by atoms with Gasteiger partial charge in [0, 0.05) is 6.54 Å². The highest BCUT2D eigenvalue weighted by Crippen LogP contribution is 2.31. The third-order valence-electron chi connectivity index (χ3n) is 4.07. The summed E-state index contributed by atoms with van der Waals surface area (Å²) in [4.78, 5) is 13.9. The Morgan fingerprint density at radius 2 is 2.19 bits per heavy atom. The van der Waals surface area contributed by atoms with Gasteiger partial charge < -0.3 is 25.2 Å². The first-order valence-electron chi connectivity index (χ1n) is 7.46. The van der Waals surface area contributed by atoms with Crippen molar-refractivity contribution in [2.24, 2.45) is 0 Å². The van der Waals surface area contributed by atoms with Crippen molar-refractivity contribution in [3.63, 3.8) is 0 Å². The molecule has 0 aliphatic carbocycles. The molecule has 2 fully saturated rings. The monoisotopic (exact) mass is 299 g/mol. The third kappa shape index (κ3) is 3.37. The van der Waals surface area contributed by atoms with Gasteiger partial charge in [0.15, 0.2) is 6.29 Å². The van der Waals surface area contributed by atoms with Crippen LogP contribution in [0.4, 0.5) is 4.79 Å². The SMILES string of the molecule is C=CCNC(=O)NC1C2COC(O2)C(N(CC)CC)C1O. The molecule has 7 heteroatoms. The minimum atomic E-state index is -0.731. The van der Waals surface area contributed by atoms with Crippen molar-refractivity contribution in [2.45, 2.75) is 44.4 Å². The van der Waals surface area contributed by atoms with E-state index in [0.29, 0.717) is 13.2 Å². The van der Waals surface area contributed by atoms with Crippen LogP contribution in [0.3, 0.4) is 0 Å². The molecule has 2 heterocycles. The predicted molar refractivity (Wildman–Crippen MR) is 77.8 cm³/mol. The van der Waals surface area contributed by atoms with Gasteiger partial charge in [-0.25, -0.2) is 4.79 Å². The van der Waals surface area contributed by atoms with Crippen LogP contribution in [0.15, 0.2) is 12.7 Å². The largest absolute Gasteiger partial charge is 0.389 e. The van der Waals surface area contributed by atoms with E-state index in [9.17, 15) is 9.90 Å². The number of nitrogens with zero attached hydrogens (tertiary/aromatic N) is 1. The van der Waals surface area contributed by atoms with Crippen LogP contribution in [0, 0.1) is 0 Å². The maximum absolute atomic E-state index is 11.8. The molecule has 2 saturated heterocycles. The summed E-state index contributed by atoms with van der Waals surface area (Å²) < 4.78 is 11.4. The molecule has 120 valence electrons. The average molecular weight is 299 g/mol. The number of hydrogen-bond donors (Lipinski definition) is 3. The van der Waals surface area contributed by atoms with Gasteiger partial charge in [-0.1, -0.05) is 19.9 Å². The summed E-state index contributed by atoms with van der Waals surface area (Å²) in [5.74, 6) is 0. The van der Waals surface area contributed by atoms with E-state index < -0.39 is 18.4 Å². The maximum Gasteiger partial charge on any atom is 0.315 e. The predicted octanol–water partition coefficient (Wildman–Crippen LogP) is -0.333. The zero-order valence-electron chi connectivity index (χ0n) is 12.6. The fraction of sp³-hybridized carbons (Fsp3) is 0.786. The zero-order valence-corrected chi connectivity index (χ0v) is 12.6. The van der Waals surface area contributed by atoms with Gasteiger partial charge >= 0.3 is 6.03 Å². The first-order valence-corrected chi connectivity index (χ1v) is 7.46. The normalized spacial score (nSPS) is 34.8. The number of hydrogen-bond acceptors (Lipinski definition) is 5. The lowest BCUT2D eigenvalue weighted by molar-refractivity contribution is -0.179. The summed E-state index contributed by atoms with van der Waals surface area (Å²) in [6.07, 6.45) is 0.122. The van der Waals surface area contributed by atoms with Crippen molar-refractivity contribution in [1.29, 1.82) is 0 Å². The molecule has 0 aromatic heterocycles. The van der Waals surface area contributed by atoms with Crippen molar-refractivity contribution < 1.29 is 19.4 Å². The van der Waals surface area contributed by atoms with E-state index in [2.05, 4.69) is 22.1 Å². The van der Waals surface area contributed by atoms with Crippen LogP contribution in [0.2, 0.25) is 0 Å². The number of nitrogens with one attached hydrogen (secondary N) is 2. The van der Waals surface area contributed by atoms with Crippen molar-refractivity contribution in [3.05, 3.63) is 12.7 Å². The average Bonchev–Trinajstić information content (AvgIpc) is 2.91. The summed E-state index contributed by atoms with van der Waals surface area (Å²) >= 11 is 0. The number of rotatable bonds is 6. The third-order valence-corrected chi connectivity index (χ3v) is 4.07. The Bertz CT molecular complexity index is 373. The van der Waals surface area contributed by atoms with Gasteiger partial charge in [0.2, 0.25) is 0 Å². The van der Waals surface area contributed by atoms with Crippen LogP contribution in [0.5, 0.6) is 0 Å². The zero-order chi connectivity index (χ0) is 15.4. The standard InChI is InChI=1S/C14H25N3O4/c1-4-7-15-14(19)16-10-9-8-20-13(21-9)11(12(10)18)17(5-2)6-3/h4,9-13,18H,1,5-8H2,2-3H3,(H2,15,16,19). The number of likely N-dealkylation sites (N-methyl/N-ethyl adjacent to an activating group) is 1. The Kier molecular flexibility index (Phi) is 5.58. The second-order valence-corrected chi connectivity index (χ2v) is 5.25. The summed E-state index contributed by atoms with van der Waals surface area (Å²) in [6, 6.07) is -1.10. The molecule has 2 aliphatic rings. The van der Waals surface area contributed by atoms with Gasteiger partial charge in [-0.15, -0.1) is 6.58 Å². The molecule has 0 radical (unpaired) electrons. The molecule has 0 saturated carbocycles. The van der Waals surface area contributed by atoms with Gasteiger partial charge in [-0.3, -0.25) is 4.90 Å². The molecule has 0 aromatic rings. The van der Waals surface area contributed by atoms with Crippen LogP contribution in [-0.4, -0.2) is 72.9 Å². The minimum Gasteiger partial charge on any atom is -0.389 e. The lowest BCUT2D eigenvalue weighted by Crippen LogP contribution is -2.65. The Labute approximate surface area is 125 Å². The van der Waals surface area contributed by atoms with Crippen molar-refractivity contribution >= 4 is 6.03 Å². The van der Waals surface area contributed by atoms with Gasteiger partial charge in [0.1, 0.15) is 6.10 Å². The Hall–Kier alpha value is -1.15. The summed E-state index contributed by atoms with van der Waals surface area (Å²) in [5.41, 5.74) is 0. The molecule has 2 amide bonds. The highest BCUT2D eigenvalue weighted by Gasteiger charge is 2.52. The van der Waals surface area contributed by atoms with E-state index in [1.165, 1.54) is 0 Å². The van der Waals surface area contributed by atoms with E-state index in [-0.39, 0.29) is 18.2 Å². The molecule has 3 N–H and O–H groups in total. The van der Waals surface area contributed by atoms with Crippen LogP contribution < -0.4 is 10.6 Å². The molecule has 2 aliphatic heterocycles. The highest BCUT2D eigenvalue weighted by molar-refractivity contribution is 5.74.